The molecule has 1 aliphatic carbocycles. The van der Waals surface area contributed by atoms with Crippen molar-refractivity contribution >= 4 is 32.8 Å². The van der Waals surface area contributed by atoms with Crippen LogP contribution in [0.4, 0.5) is 11.5 Å². The van der Waals surface area contributed by atoms with E-state index in [0.29, 0.717) is 18.7 Å². The first-order valence-electron chi connectivity index (χ1n) is 12.3. The Kier molecular flexibility index (Phi) is 6.19. The van der Waals surface area contributed by atoms with Gasteiger partial charge in [-0.1, -0.05) is 26.0 Å². The van der Waals surface area contributed by atoms with Gasteiger partial charge < -0.3 is 16.0 Å². The van der Waals surface area contributed by atoms with Crippen LogP contribution < -0.4 is 11.1 Å². The number of rotatable bonds is 4. The Hall–Kier alpha value is -2.61. The number of aromatic nitrogens is 2. The van der Waals surface area contributed by atoms with E-state index >= 15 is 0 Å². The Labute approximate surface area is 208 Å². The number of hydrogen-bond donors (Lipinski definition) is 3. The highest BCUT2D eigenvalue weighted by Gasteiger charge is 2.52. The molecule has 2 aromatic rings. The van der Waals surface area contributed by atoms with Gasteiger partial charge in [-0.3, -0.25) is 4.79 Å². The van der Waals surface area contributed by atoms with Crippen LogP contribution in [0.25, 0.3) is 5.57 Å². The average Bonchev–Trinajstić information content (AvgIpc) is 3.19. The summed E-state index contributed by atoms with van der Waals surface area (Å²) in [6.07, 6.45) is 7.79. The van der Waals surface area contributed by atoms with E-state index in [4.69, 9.17) is 5.73 Å². The van der Waals surface area contributed by atoms with Gasteiger partial charge in [0.1, 0.15) is 5.82 Å². The number of nitrogen functional groups attached to an aromatic ring is 1. The molecule has 0 unspecified atom stereocenters. The maximum Gasteiger partial charge on any atom is 0.291 e. The van der Waals surface area contributed by atoms with Crippen molar-refractivity contribution in [3.63, 3.8) is 0 Å². The van der Waals surface area contributed by atoms with Crippen LogP contribution in [0.2, 0.25) is 0 Å². The number of carbonyl (C=O) groups excluding carboxylic acids is 1. The van der Waals surface area contributed by atoms with E-state index in [-0.39, 0.29) is 23.1 Å². The van der Waals surface area contributed by atoms with Gasteiger partial charge >= 0.3 is 0 Å². The average molecular weight is 499 g/mol. The number of imidazole rings is 1. The van der Waals surface area contributed by atoms with E-state index in [1.807, 2.05) is 39.8 Å². The number of anilines is 2. The summed E-state index contributed by atoms with van der Waals surface area (Å²) in [5.41, 5.74) is 9.99. The molecular weight excluding hydrogens is 460 g/mol. The van der Waals surface area contributed by atoms with Crippen LogP contribution in [0.3, 0.4) is 0 Å². The molecule has 0 saturated carbocycles. The minimum atomic E-state index is -3.27. The lowest BCUT2D eigenvalue weighted by molar-refractivity contribution is 0.101. The summed E-state index contributed by atoms with van der Waals surface area (Å²) in [5, 5.41) is 3.01. The van der Waals surface area contributed by atoms with Gasteiger partial charge in [-0.2, -0.15) is 0 Å². The summed E-state index contributed by atoms with van der Waals surface area (Å²) < 4.78 is 24.7. The Morgan fingerprint density at radius 2 is 1.77 bits per heavy atom. The molecule has 8 heteroatoms. The summed E-state index contributed by atoms with van der Waals surface area (Å²) in [5.74, 6) is 0.258. The molecule has 0 atom stereocenters. The van der Waals surface area contributed by atoms with E-state index in [0.717, 1.165) is 36.1 Å². The molecule has 0 spiro atoms. The number of amides is 1. The van der Waals surface area contributed by atoms with Crippen molar-refractivity contribution in [2.24, 2.45) is 5.41 Å². The van der Waals surface area contributed by atoms with Crippen LogP contribution in [-0.2, 0) is 9.84 Å². The summed E-state index contributed by atoms with van der Waals surface area (Å²) in [4.78, 5) is 19.7. The van der Waals surface area contributed by atoms with Crippen molar-refractivity contribution in [3.8, 4) is 0 Å². The highest BCUT2D eigenvalue weighted by molar-refractivity contribution is 7.94. The first-order valence-corrected chi connectivity index (χ1v) is 13.8. The molecule has 4 rings (SSSR count). The van der Waals surface area contributed by atoms with E-state index in [1.165, 1.54) is 11.8 Å². The molecular formula is C27H38N4O3S. The van der Waals surface area contributed by atoms with Gasteiger partial charge in [-0.15, -0.1) is 0 Å². The normalized spacial score (nSPS) is 22.9. The van der Waals surface area contributed by atoms with Gasteiger partial charge in [0.05, 0.1) is 15.7 Å². The van der Waals surface area contributed by atoms with E-state index in [2.05, 4.69) is 41.3 Å². The molecule has 0 bridgehead atoms. The third kappa shape index (κ3) is 4.77. The van der Waals surface area contributed by atoms with E-state index < -0.39 is 19.3 Å². The van der Waals surface area contributed by atoms with Crippen LogP contribution in [0.15, 0.2) is 30.5 Å². The second kappa shape index (κ2) is 8.50. The third-order valence-corrected chi connectivity index (χ3v) is 11.1. The Balaban J connectivity index is 1.73. The molecule has 1 aromatic heterocycles. The van der Waals surface area contributed by atoms with Crippen LogP contribution >= 0.6 is 0 Å². The van der Waals surface area contributed by atoms with Crippen LogP contribution in [-0.4, -0.2) is 33.8 Å². The number of sulfone groups is 1. The second-order valence-corrected chi connectivity index (χ2v) is 15.4. The molecule has 4 N–H and O–H groups in total. The molecule has 1 saturated heterocycles. The smallest absolute Gasteiger partial charge is 0.291 e. The molecule has 1 fully saturated rings. The zero-order valence-corrected chi connectivity index (χ0v) is 22.5. The lowest BCUT2D eigenvalue weighted by atomic mass is 9.76. The molecule has 7 nitrogen and oxygen atoms in total. The maximum atomic E-state index is 13.1. The van der Waals surface area contributed by atoms with Gasteiger partial charge in [0, 0.05) is 11.3 Å². The number of carbonyl (C=O) groups is 1. The molecule has 35 heavy (non-hydrogen) atoms. The van der Waals surface area contributed by atoms with Crippen molar-refractivity contribution in [1.82, 2.24) is 9.97 Å². The predicted molar refractivity (Wildman–Crippen MR) is 142 cm³/mol. The summed E-state index contributed by atoms with van der Waals surface area (Å²) in [7, 11) is -3.27. The quantitative estimate of drug-likeness (QED) is 0.501. The SMILES string of the molecule is CC1(C)CC=C(c2cc(C3CC(C)(C)S(=O)(=O)C(C)(C)C3)ccc2NC(=O)c2ncc(N)[nH]2)CC1. The van der Waals surface area contributed by atoms with Crippen molar-refractivity contribution in [1.29, 1.82) is 0 Å². The summed E-state index contributed by atoms with van der Waals surface area (Å²) in [6.45, 7) is 11.9. The number of nitrogens with two attached hydrogens (primary N) is 1. The van der Waals surface area contributed by atoms with Crippen LogP contribution in [0.5, 0.6) is 0 Å². The van der Waals surface area contributed by atoms with E-state index in [1.54, 1.807) is 0 Å². The number of benzene rings is 1. The number of allylic oxidation sites excluding steroid dienone is 2. The minimum absolute atomic E-state index is 0.109. The van der Waals surface area contributed by atoms with Crippen molar-refractivity contribution in [2.45, 2.75) is 89.1 Å². The maximum absolute atomic E-state index is 13.1. The van der Waals surface area contributed by atoms with Crippen LogP contribution in [0.1, 0.15) is 101 Å². The third-order valence-electron chi connectivity index (χ3n) is 7.82. The van der Waals surface area contributed by atoms with E-state index in [9.17, 15) is 13.2 Å². The largest absolute Gasteiger partial charge is 0.384 e. The second-order valence-electron chi connectivity index (χ2n) is 12.2. The molecule has 1 aliphatic heterocycles. The summed E-state index contributed by atoms with van der Waals surface area (Å²) in [6, 6.07) is 6.13. The first-order chi connectivity index (χ1) is 16.1. The number of nitrogens with one attached hydrogen (secondary N) is 2. The minimum Gasteiger partial charge on any atom is -0.384 e. The Morgan fingerprint density at radius 1 is 1.11 bits per heavy atom. The van der Waals surface area contributed by atoms with Crippen molar-refractivity contribution in [2.75, 3.05) is 11.1 Å². The number of aromatic amines is 1. The van der Waals surface area contributed by atoms with Gasteiger partial charge in [0.15, 0.2) is 15.7 Å². The fourth-order valence-electron chi connectivity index (χ4n) is 5.61. The van der Waals surface area contributed by atoms with Crippen molar-refractivity contribution < 1.29 is 13.2 Å². The van der Waals surface area contributed by atoms with Crippen LogP contribution in [0, 0.1) is 5.41 Å². The summed E-state index contributed by atoms with van der Waals surface area (Å²) >= 11 is 0. The zero-order valence-electron chi connectivity index (χ0n) is 21.7. The van der Waals surface area contributed by atoms with Gasteiger partial charge in [0.2, 0.25) is 0 Å². The topological polar surface area (TPSA) is 118 Å². The highest BCUT2D eigenvalue weighted by Crippen LogP contribution is 2.49. The molecule has 2 aliphatic rings. The molecule has 2 heterocycles. The van der Waals surface area contributed by atoms with Gasteiger partial charge in [-0.05, 0) is 94.4 Å². The molecule has 190 valence electrons. The predicted octanol–water partition coefficient (Wildman–Crippen LogP) is 5.69. The molecule has 1 aromatic carbocycles. The van der Waals surface area contributed by atoms with Gasteiger partial charge in [0.25, 0.3) is 5.91 Å². The molecule has 0 radical (unpaired) electrons. The Morgan fingerprint density at radius 3 is 2.31 bits per heavy atom. The van der Waals surface area contributed by atoms with Gasteiger partial charge in [-0.25, -0.2) is 13.4 Å². The number of H-pyrrole nitrogens is 1. The number of hydrogen-bond acceptors (Lipinski definition) is 5. The fraction of sp³-hybridized carbons (Fsp3) is 0.556. The fourth-order valence-corrected chi connectivity index (χ4v) is 7.94. The monoisotopic (exact) mass is 498 g/mol. The van der Waals surface area contributed by atoms with Crippen molar-refractivity contribution in [3.05, 3.63) is 47.4 Å². The Bertz CT molecular complexity index is 1260. The number of nitrogens with zero attached hydrogens (tertiary/aromatic N) is 1. The molecule has 1 amide bonds. The first kappa shape index (κ1) is 25.5. The zero-order chi connectivity index (χ0) is 25.8. The lowest BCUT2D eigenvalue weighted by Gasteiger charge is -2.44. The standard InChI is InChI=1S/C27H38N4O3S/c1-25(2)11-9-17(10-12-25)20-13-18(19-14-26(3,4)35(33,34)27(5,6)15-19)7-8-21(20)30-24(32)23-29-16-22(28)31-23/h7-9,13,16,19H,10-12,14-15,28H2,1-6H3,(H,29,31)(H,30,32). The highest BCUT2D eigenvalue weighted by atomic mass is 32.2. The lowest BCUT2D eigenvalue weighted by Crippen LogP contribution is -2.51.